The zero-order chi connectivity index (χ0) is 9.26. The molecule has 1 aromatic rings. The van der Waals surface area contributed by atoms with Crippen molar-refractivity contribution in [2.24, 2.45) is 0 Å². The predicted molar refractivity (Wildman–Crippen MR) is 52.9 cm³/mol. The lowest BCUT2D eigenvalue weighted by Crippen LogP contribution is -2.37. The summed E-state index contributed by atoms with van der Waals surface area (Å²) in [6.45, 7) is 0.706. The maximum Gasteiger partial charge on any atom is 0.145 e. The van der Waals surface area contributed by atoms with Crippen LogP contribution in [0, 0.1) is 0 Å². The van der Waals surface area contributed by atoms with Crippen LogP contribution in [0.25, 0.3) is 0 Å². The van der Waals surface area contributed by atoms with Crippen molar-refractivity contribution in [1.29, 1.82) is 0 Å². The number of hydrogen-bond acceptors (Lipinski definition) is 3. The molecule has 1 aromatic carbocycles. The Morgan fingerprint density at radius 3 is 3.15 bits per heavy atom. The average molecular weight is 178 g/mol. The van der Waals surface area contributed by atoms with Crippen molar-refractivity contribution in [1.82, 2.24) is 5.32 Å². The van der Waals surface area contributed by atoms with E-state index in [0.717, 1.165) is 17.9 Å². The molecule has 1 aliphatic heterocycles. The minimum atomic E-state index is 0.411. The molecule has 2 rings (SSSR count). The summed E-state index contributed by atoms with van der Waals surface area (Å²) in [5, 5.41) is 3.20. The predicted octanol–water partition coefficient (Wildman–Crippen LogP) is 0.792. The van der Waals surface area contributed by atoms with Gasteiger partial charge in [0.15, 0.2) is 0 Å². The van der Waals surface area contributed by atoms with E-state index in [0.29, 0.717) is 12.6 Å². The van der Waals surface area contributed by atoms with Gasteiger partial charge in [0.2, 0.25) is 0 Å². The molecule has 1 unspecified atom stereocenters. The van der Waals surface area contributed by atoms with Gasteiger partial charge in [-0.25, -0.2) is 0 Å². The summed E-state index contributed by atoms with van der Waals surface area (Å²) in [5.74, 6) is 0.869. The molecule has 3 nitrogen and oxygen atoms in total. The van der Waals surface area contributed by atoms with E-state index < -0.39 is 0 Å². The van der Waals surface area contributed by atoms with Gasteiger partial charge < -0.3 is 15.8 Å². The van der Waals surface area contributed by atoms with Crippen LogP contribution in [-0.4, -0.2) is 19.7 Å². The number of ether oxygens (including phenoxy) is 1. The normalized spacial score (nSPS) is 20.5. The first-order chi connectivity index (χ1) is 6.31. The number of anilines is 1. The Balaban J connectivity index is 2.31. The monoisotopic (exact) mass is 178 g/mol. The number of benzene rings is 1. The zero-order valence-corrected chi connectivity index (χ0v) is 7.71. The highest BCUT2D eigenvalue weighted by Crippen LogP contribution is 2.30. The second-order valence-corrected chi connectivity index (χ2v) is 3.34. The minimum Gasteiger partial charge on any atom is -0.490 e. The highest BCUT2D eigenvalue weighted by molar-refractivity contribution is 5.57. The van der Waals surface area contributed by atoms with Gasteiger partial charge in [0.25, 0.3) is 0 Å². The first kappa shape index (κ1) is 8.38. The first-order valence-electron chi connectivity index (χ1n) is 4.48. The van der Waals surface area contributed by atoms with E-state index in [4.69, 9.17) is 10.5 Å². The lowest BCUT2D eigenvalue weighted by atomic mass is 10.0. The molecule has 3 heteroatoms. The maximum absolute atomic E-state index is 5.78. The van der Waals surface area contributed by atoms with Crippen molar-refractivity contribution in [3.05, 3.63) is 23.8 Å². The third-order valence-corrected chi connectivity index (χ3v) is 2.43. The van der Waals surface area contributed by atoms with E-state index in [9.17, 15) is 0 Å². The van der Waals surface area contributed by atoms with Crippen LogP contribution in [0.1, 0.15) is 5.56 Å². The Morgan fingerprint density at radius 2 is 2.38 bits per heavy atom. The summed E-state index contributed by atoms with van der Waals surface area (Å²) in [6.07, 6.45) is 0.997. The number of nitrogen functional groups attached to an aromatic ring is 1. The first-order valence-corrected chi connectivity index (χ1v) is 4.48. The lowest BCUT2D eigenvalue weighted by Gasteiger charge is -2.25. The van der Waals surface area contributed by atoms with E-state index >= 15 is 0 Å². The van der Waals surface area contributed by atoms with E-state index in [1.165, 1.54) is 5.56 Å². The number of para-hydroxylation sites is 1. The molecule has 0 spiro atoms. The quantitative estimate of drug-likeness (QED) is 0.625. The third-order valence-electron chi connectivity index (χ3n) is 2.43. The molecular formula is C10H14N2O. The molecule has 1 heterocycles. The zero-order valence-electron chi connectivity index (χ0n) is 7.71. The second kappa shape index (κ2) is 3.26. The standard InChI is InChI=1S/C10H14N2O/c1-12-8-5-7-3-2-4-9(11)10(7)13-6-8/h2-4,8,12H,5-6,11H2,1H3. The number of likely N-dealkylation sites (N-methyl/N-ethyl adjacent to an activating group) is 1. The van der Waals surface area contributed by atoms with Crippen molar-refractivity contribution in [3.8, 4) is 5.75 Å². The van der Waals surface area contributed by atoms with Gasteiger partial charge in [-0.2, -0.15) is 0 Å². The summed E-state index contributed by atoms with van der Waals surface area (Å²) in [4.78, 5) is 0. The van der Waals surface area contributed by atoms with Crippen molar-refractivity contribution in [2.75, 3.05) is 19.4 Å². The van der Waals surface area contributed by atoms with Crippen LogP contribution in [-0.2, 0) is 6.42 Å². The van der Waals surface area contributed by atoms with Crippen molar-refractivity contribution < 1.29 is 4.74 Å². The van der Waals surface area contributed by atoms with Gasteiger partial charge in [-0.15, -0.1) is 0 Å². The number of fused-ring (bicyclic) bond motifs is 1. The fourth-order valence-electron chi connectivity index (χ4n) is 1.64. The molecule has 0 aliphatic carbocycles. The lowest BCUT2D eigenvalue weighted by molar-refractivity contribution is 0.247. The molecule has 3 N–H and O–H groups in total. The summed E-state index contributed by atoms with van der Waals surface area (Å²) in [7, 11) is 1.95. The SMILES string of the molecule is CNC1COc2c(N)cccc2C1. The van der Waals surface area contributed by atoms with E-state index in [2.05, 4.69) is 11.4 Å². The van der Waals surface area contributed by atoms with Gasteiger partial charge in [0, 0.05) is 6.04 Å². The van der Waals surface area contributed by atoms with E-state index in [1.807, 2.05) is 19.2 Å². The fraction of sp³-hybridized carbons (Fsp3) is 0.400. The fourth-order valence-corrected chi connectivity index (χ4v) is 1.64. The molecule has 0 saturated heterocycles. The molecule has 0 bridgehead atoms. The minimum absolute atomic E-state index is 0.411. The van der Waals surface area contributed by atoms with Crippen LogP contribution >= 0.6 is 0 Å². The molecule has 0 amide bonds. The van der Waals surface area contributed by atoms with Crippen LogP contribution in [0.15, 0.2) is 18.2 Å². The van der Waals surface area contributed by atoms with Gasteiger partial charge in [0.1, 0.15) is 12.4 Å². The molecule has 0 saturated carbocycles. The molecule has 1 aliphatic rings. The van der Waals surface area contributed by atoms with Crippen LogP contribution in [0.3, 0.4) is 0 Å². The van der Waals surface area contributed by atoms with E-state index in [-0.39, 0.29) is 0 Å². The summed E-state index contributed by atoms with van der Waals surface area (Å²) in [5.41, 5.74) is 7.73. The number of hydrogen-bond donors (Lipinski definition) is 2. The number of nitrogens with one attached hydrogen (secondary N) is 1. The molecule has 13 heavy (non-hydrogen) atoms. The topological polar surface area (TPSA) is 47.3 Å². The number of rotatable bonds is 1. The summed E-state index contributed by atoms with van der Waals surface area (Å²) < 4.78 is 5.57. The molecule has 0 fully saturated rings. The van der Waals surface area contributed by atoms with E-state index in [1.54, 1.807) is 0 Å². The molecule has 70 valence electrons. The Labute approximate surface area is 77.9 Å². The highest BCUT2D eigenvalue weighted by atomic mass is 16.5. The molecule has 0 aromatic heterocycles. The smallest absolute Gasteiger partial charge is 0.145 e. The Bertz CT molecular complexity index is 312. The molecule has 0 radical (unpaired) electrons. The highest BCUT2D eigenvalue weighted by Gasteiger charge is 2.19. The summed E-state index contributed by atoms with van der Waals surface area (Å²) in [6, 6.07) is 6.32. The van der Waals surface area contributed by atoms with Crippen molar-refractivity contribution in [2.45, 2.75) is 12.5 Å². The van der Waals surface area contributed by atoms with Gasteiger partial charge >= 0.3 is 0 Å². The number of nitrogens with two attached hydrogens (primary N) is 1. The van der Waals surface area contributed by atoms with Crippen LogP contribution in [0.4, 0.5) is 5.69 Å². The Hall–Kier alpha value is -1.22. The summed E-state index contributed by atoms with van der Waals surface area (Å²) >= 11 is 0. The van der Waals surface area contributed by atoms with Gasteiger partial charge in [-0.3, -0.25) is 0 Å². The van der Waals surface area contributed by atoms with Gasteiger partial charge in [0.05, 0.1) is 5.69 Å². The Kier molecular flexibility index (Phi) is 2.10. The average Bonchev–Trinajstić information content (AvgIpc) is 2.18. The van der Waals surface area contributed by atoms with Gasteiger partial charge in [-0.05, 0) is 25.1 Å². The maximum atomic E-state index is 5.78. The second-order valence-electron chi connectivity index (χ2n) is 3.34. The largest absolute Gasteiger partial charge is 0.490 e. The van der Waals surface area contributed by atoms with Gasteiger partial charge in [-0.1, -0.05) is 12.1 Å². The van der Waals surface area contributed by atoms with Crippen LogP contribution < -0.4 is 15.8 Å². The molecule has 1 atom stereocenters. The Morgan fingerprint density at radius 1 is 1.54 bits per heavy atom. The third kappa shape index (κ3) is 1.47. The van der Waals surface area contributed by atoms with Crippen LogP contribution in [0.2, 0.25) is 0 Å². The van der Waals surface area contributed by atoms with Crippen LogP contribution in [0.5, 0.6) is 5.75 Å². The van der Waals surface area contributed by atoms with Crippen molar-refractivity contribution >= 4 is 5.69 Å². The van der Waals surface area contributed by atoms with Crippen molar-refractivity contribution in [3.63, 3.8) is 0 Å². The molecular weight excluding hydrogens is 164 g/mol.